The number of phenolic OH excluding ortho intramolecular Hbond substituents is 1. The van der Waals surface area contributed by atoms with Crippen LogP contribution in [0.25, 0.3) is 0 Å². The monoisotopic (exact) mass is 300 g/mol. The Hall–Kier alpha value is -1.50. The van der Waals surface area contributed by atoms with Crippen LogP contribution in [0.1, 0.15) is 70.3 Å². The highest BCUT2D eigenvalue weighted by molar-refractivity contribution is 5.27. The lowest BCUT2D eigenvalue weighted by molar-refractivity contribution is 0.474. The van der Waals surface area contributed by atoms with E-state index in [9.17, 15) is 5.11 Å². The van der Waals surface area contributed by atoms with Gasteiger partial charge in [0.15, 0.2) is 0 Å². The molecule has 0 saturated carbocycles. The summed E-state index contributed by atoms with van der Waals surface area (Å²) in [5.41, 5.74) is 1.24. The molecule has 0 heterocycles. The number of benzene rings is 1. The van der Waals surface area contributed by atoms with Crippen molar-refractivity contribution >= 4 is 0 Å². The van der Waals surface area contributed by atoms with Crippen LogP contribution in [0.2, 0.25) is 0 Å². The van der Waals surface area contributed by atoms with Crippen LogP contribution < -0.4 is 0 Å². The smallest absolute Gasteiger partial charge is 0.115 e. The maximum absolute atomic E-state index is 9.40. The third kappa shape index (κ3) is 10.3. The van der Waals surface area contributed by atoms with Gasteiger partial charge < -0.3 is 5.11 Å². The van der Waals surface area contributed by atoms with E-state index in [1.165, 1.54) is 63.4 Å². The molecule has 0 aliphatic heterocycles. The van der Waals surface area contributed by atoms with Crippen molar-refractivity contribution in [1.82, 2.24) is 0 Å². The molecule has 1 heteroatoms. The van der Waals surface area contributed by atoms with Crippen molar-refractivity contribution < 1.29 is 5.11 Å². The van der Waals surface area contributed by atoms with Gasteiger partial charge >= 0.3 is 0 Å². The number of hydrogen-bond acceptors (Lipinski definition) is 1. The second kappa shape index (κ2) is 13.2. The first-order valence-corrected chi connectivity index (χ1v) is 8.92. The minimum absolute atomic E-state index is 0.377. The van der Waals surface area contributed by atoms with Gasteiger partial charge in [0.2, 0.25) is 0 Å². The predicted octanol–water partition coefficient (Wildman–Crippen LogP) is 6.58. The number of hydrogen-bond donors (Lipinski definition) is 1. The molecule has 0 bridgehead atoms. The number of aromatic hydroxyl groups is 1. The maximum Gasteiger partial charge on any atom is 0.115 e. The summed E-state index contributed by atoms with van der Waals surface area (Å²) in [5, 5.41) is 9.40. The molecule has 1 nitrogen and oxygen atoms in total. The first-order valence-electron chi connectivity index (χ1n) is 8.92. The largest absolute Gasteiger partial charge is 0.508 e. The van der Waals surface area contributed by atoms with Gasteiger partial charge in [-0.05, 0) is 56.2 Å². The van der Waals surface area contributed by atoms with Crippen molar-refractivity contribution in [3.63, 3.8) is 0 Å². The Bertz CT molecular complexity index is 431. The molecule has 1 aromatic carbocycles. The lowest BCUT2D eigenvalue weighted by Crippen LogP contribution is -1.85. The third-order valence-electron chi connectivity index (χ3n) is 3.85. The van der Waals surface area contributed by atoms with E-state index in [4.69, 9.17) is 0 Å². The van der Waals surface area contributed by atoms with E-state index in [0.29, 0.717) is 5.75 Å². The fourth-order valence-corrected chi connectivity index (χ4v) is 2.52. The molecule has 0 amide bonds. The summed E-state index contributed by atoms with van der Waals surface area (Å²) in [6.07, 6.45) is 21.5. The predicted molar refractivity (Wildman–Crippen MR) is 97.3 cm³/mol. The molecule has 0 aliphatic carbocycles. The van der Waals surface area contributed by atoms with Gasteiger partial charge in [-0.1, -0.05) is 69.0 Å². The summed E-state index contributed by atoms with van der Waals surface area (Å²) >= 11 is 0. The van der Waals surface area contributed by atoms with Gasteiger partial charge in [-0.15, -0.1) is 0 Å². The normalized spacial score (nSPS) is 11.7. The zero-order valence-corrected chi connectivity index (χ0v) is 14.1. The molecule has 22 heavy (non-hydrogen) atoms. The molecule has 0 atom stereocenters. The highest BCUT2D eigenvalue weighted by atomic mass is 16.3. The summed E-state index contributed by atoms with van der Waals surface area (Å²) < 4.78 is 0. The van der Waals surface area contributed by atoms with Gasteiger partial charge in [0.05, 0.1) is 0 Å². The van der Waals surface area contributed by atoms with Gasteiger partial charge in [0.25, 0.3) is 0 Å². The van der Waals surface area contributed by atoms with E-state index in [1.807, 2.05) is 12.1 Å². The molecule has 1 N–H and O–H groups in total. The van der Waals surface area contributed by atoms with Crippen LogP contribution in [0.3, 0.4) is 0 Å². The Morgan fingerprint density at radius 2 is 1.55 bits per heavy atom. The van der Waals surface area contributed by atoms with E-state index in [2.05, 4.69) is 37.3 Å². The first kappa shape index (κ1) is 18.5. The highest BCUT2D eigenvalue weighted by Crippen LogP contribution is 2.14. The number of aryl methyl sites for hydroxylation is 1. The van der Waals surface area contributed by atoms with E-state index in [1.54, 1.807) is 6.07 Å². The van der Waals surface area contributed by atoms with Crippen LogP contribution in [0.15, 0.2) is 48.6 Å². The van der Waals surface area contributed by atoms with Crippen LogP contribution >= 0.6 is 0 Å². The van der Waals surface area contributed by atoms with E-state index < -0.39 is 0 Å². The lowest BCUT2D eigenvalue weighted by atomic mass is 10.1. The maximum atomic E-state index is 9.40. The van der Waals surface area contributed by atoms with Crippen LogP contribution in [0.5, 0.6) is 5.75 Å². The number of unbranched alkanes of at least 4 members (excludes halogenated alkanes) is 7. The fourth-order valence-electron chi connectivity index (χ4n) is 2.52. The van der Waals surface area contributed by atoms with Crippen molar-refractivity contribution in [2.45, 2.75) is 71.1 Å². The Kier molecular flexibility index (Phi) is 11.1. The number of rotatable bonds is 12. The number of allylic oxidation sites excluding steroid dienone is 4. The summed E-state index contributed by atoms with van der Waals surface area (Å²) in [7, 11) is 0. The average molecular weight is 300 g/mol. The van der Waals surface area contributed by atoms with Crippen LogP contribution in [-0.2, 0) is 6.42 Å². The van der Waals surface area contributed by atoms with Crippen molar-refractivity contribution in [1.29, 1.82) is 0 Å². The third-order valence-corrected chi connectivity index (χ3v) is 3.85. The summed E-state index contributed by atoms with van der Waals surface area (Å²) in [4.78, 5) is 0. The standard InChI is InChI=1S/C21H32O/c1-2-3-4-5-6-7-8-9-10-11-12-13-14-16-20-17-15-18-21(22)19-20/h7-10,15,17-19,22H,2-6,11-14,16H2,1H3/b8-7+,10-9+. The van der Waals surface area contributed by atoms with Crippen molar-refractivity contribution in [2.75, 3.05) is 0 Å². The minimum atomic E-state index is 0.377. The second-order valence-corrected chi connectivity index (χ2v) is 5.97. The lowest BCUT2D eigenvalue weighted by Gasteiger charge is -2.01. The molecule has 0 saturated heterocycles. The van der Waals surface area contributed by atoms with Gasteiger partial charge in [-0.2, -0.15) is 0 Å². The van der Waals surface area contributed by atoms with Gasteiger partial charge in [0.1, 0.15) is 5.75 Å². The molecule has 0 aromatic heterocycles. The van der Waals surface area contributed by atoms with Crippen LogP contribution in [0.4, 0.5) is 0 Å². The Balaban J connectivity index is 1.94. The van der Waals surface area contributed by atoms with Crippen molar-refractivity contribution in [3.05, 3.63) is 54.1 Å². The molecule has 1 rings (SSSR count). The molecular weight excluding hydrogens is 268 g/mol. The zero-order valence-electron chi connectivity index (χ0n) is 14.1. The second-order valence-electron chi connectivity index (χ2n) is 5.97. The highest BCUT2D eigenvalue weighted by Gasteiger charge is 1.94. The molecule has 0 aliphatic rings. The van der Waals surface area contributed by atoms with Gasteiger partial charge in [-0.3, -0.25) is 0 Å². The van der Waals surface area contributed by atoms with E-state index >= 15 is 0 Å². The van der Waals surface area contributed by atoms with E-state index in [-0.39, 0.29) is 0 Å². The minimum Gasteiger partial charge on any atom is -0.508 e. The quantitative estimate of drug-likeness (QED) is 0.341. The van der Waals surface area contributed by atoms with Crippen molar-refractivity contribution in [2.24, 2.45) is 0 Å². The molecule has 0 radical (unpaired) electrons. The fraction of sp³-hybridized carbons (Fsp3) is 0.524. The Morgan fingerprint density at radius 3 is 2.18 bits per heavy atom. The van der Waals surface area contributed by atoms with Gasteiger partial charge in [0, 0.05) is 0 Å². The Labute approximate surface area is 136 Å². The molecule has 0 fully saturated rings. The SMILES string of the molecule is CCCCCC/C=C/C=C/CCCCCc1cccc(O)c1. The van der Waals surface area contributed by atoms with Crippen LogP contribution in [-0.4, -0.2) is 5.11 Å². The number of phenols is 1. The average Bonchev–Trinajstić information content (AvgIpc) is 2.52. The molecule has 0 spiro atoms. The Morgan fingerprint density at radius 1 is 0.864 bits per heavy atom. The molecule has 0 unspecified atom stereocenters. The van der Waals surface area contributed by atoms with Gasteiger partial charge in [-0.25, -0.2) is 0 Å². The summed E-state index contributed by atoms with van der Waals surface area (Å²) in [6, 6.07) is 7.60. The van der Waals surface area contributed by atoms with E-state index in [0.717, 1.165) is 6.42 Å². The summed E-state index contributed by atoms with van der Waals surface area (Å²) in [5.74, 6) is 0.377. The van der Waals surface area contributed by atoms with Crippen molar-refractivity contribution in [3.8, 4) is 5.75 Å². The molecule has 1 aromatic rings. The first-order chi connectivity index (χ1) is 10.8. The topological polar surface area (TPSA) is 20.2 Å². The van der Waals surface area contributed by atoms with Crippen LogP contribution in [0, 0.1) is 0 Å². The molecule has 122 valence electrons. The zero-order chi connectivity index (χ0) is 15.9. The summed E-state index contributed by atoms with van der Waals surface area (Å²) in [6.45, 7) is 2.25. The molecular formula is C21H32O.